The average Bonchev–Trinajstić information content (AvgIpc) is 2.28. The van der Waals surface area contributed by atoms with Crippen molar-refractivity contribution in [1.29, 1.82) is 0 Å². The summed E-state index contributed by atoms with van der Waals surface area (Å²) in [5.41, 5.74) is 0.0133. The van der Waals surface area contributed by atoms with Gasteiger partial charge in [0.1, 0.15) is 0 Å². The molecule has 2 nitrogen and oxygen atoms in total. The first-order valence-electron chi connectivity index (χ1n) is 6.49. The van der Waals surface area contributed by atoms with Crippen LogP contribution in [-0.4, -0.2) is 24.4 Å². The van der Waals surface area contributed by atoms with E-state index < -0.39 is 0 Å². The number of aliphatic hydroxyl groups is 1. The standard InChI is InChI=1S/C15H28O2/c1-14(10-7-5-6-8-13-16)11-9-12-15(2,3)17-4/h5-8,14,16H,9-13H2,1-4H3. The van der Waals surface area contributed by atoms with Crippen LogP contribution in [0.1, 0.15) is 46.5 Å². The van der Waals surface area contributed by atoms with Gasteiger partial charge in [-0.3, -0.25) is 0 Å². The maximum Gasteiger partial charge on any atom is 0.0622 e. The van der Waals surface area contributed by atoms with Crippen LogP contribution in [0.15, 0.2) is 24.3 Å². The molecule has 0 aromatic rings. The van der Waals surface area contributed by atoms with E-state index in [4.69, 9.17) is 9.84 Å². The van der Waals surface area contributed by atoms with Gasteiger partial charge in [0.15, 0.2) is 0 Å². The Bertz CT molecular complexity index is 229. The van der Waals surface area contributed by atoms with Crippen molar-refractivity contribution < 1.29 is 9.84 Å². The van der Waals surface area contributed by atoms with E-state index in [9.17, 15) is 0 Å². The summed E-state index contributed by atoms with van der Waals surface area (Å²) in [4.78, 5) is 0. The van der Waals surface area contributed by atoms with E-state index in [0.717, 1.165) is 12.8 Å². The minimum Gasteiger partial charge on any atom is -0.392 e. The fourth-order valence-corrected chi connectivity index (χ4v) is 1.63. The van der Waals surface area contributed by atoms with Gasteiger partial charge in [-0.15, -0.1) is 0 Å². The van der Waals surface area contributed by atoms with Crippen LogP contribution in [0.25, 0.3) is 0 Å². The van der Waals surface area contributed by atoms with Gasteiger partial charge in [-0.05, 0) is 32.6 Å². The maximum absolute atomic E-state index is 8.56. The molecule has 0 spiro atoms. The second-order valence-corrected chi connectivity index (χ2v) is 5.24. The zero-order chi connectivity index (χ0) is 13.1. The molecule has 0 bridgehead atoms. The number of aliphatic hydroxyl groups excluding tert-OH is 1. The van der Waals surface area contributed by atoms with Crippen molar-refractivity contribution in [2.45, 2.75) is 52.1 Å². The quantitative estimate of drug-likeness (QED) is 0.622. The van der Waals surface area contributed by atoms with Crippen molar-refractivity contribution in [3.05, 3.63) is 24.3 Å². The number of hydrogen-bond donors (Lipinski definition) is 1. The van der Waals surface area contributed by atoms with Crippen molar-refractivity contribution in [2.24, 2.45) is 5.92 Å². The van der Waals surface area contributed by atoms with Crippen molar-refractivity contribution >= 4 is 0 Å². The van der Waals surface area contributed by atoms with Crippen molar-refractivity contribution in [3.63, 3.8) is 0 Å². The largest absolute Gasteiger partial charge is 0.392 e. The van der Waals surface area contributed by atoms with Crippen LogP contribution in [0.5, 0.6) is 0 Å². The third-order valence-corrected chi connectivity index (χ3v) is 3.06. The smallest absolute Gasteiger partial charge is 0.0622 e. The molecule has 0 saturated heterocycles. The highest BCUT2D eigenvalue weighted by Crippen LogP contribution is 2.20. The maximum atomic E-state index is 8.56. The van der Waals surface area contributed by atoms with E-state index in [0.29, 0.717) is 5.92 Å². The molecule has 0 aliphatic heterocycles. The summed E-state index contributed by atoms with van der Waals surface area (Å²) in [5.74, 6) is 0.710. The molecule has 1 unspecified atom stereocenters. The third kappa shape index (κ3) is 10.3. The summed E-state index contributed by atoms with van der Waals surface area (Å²) >= 11 is 0. The lowest BCUT2D eigenvalue weighted by Crippen LogP contribution is -2.22. The Kier molecular flexibility index (Phi) is 9.10. The summed E-state index contributed by atoms with van der Waals surface area (Å²) in [6.07, 6.45) is 12.5. The molecule has 0 fully saturated rings. The Hall–Kier alpha value is -0.600. The molecule has 0 saturated carbocycles. The first-order chi connectivity index (χ1) is 8.02. The monoisotopic (exact) mass is 240 g/mol. The fourth-order valence-electron chi connectivity index (χ4n) is 1.63. The lowest BCUT2D eigenvalue weighted by atomic mass is 9.95. The molecule has 0 amide bonds. The molecule has 0 radical (unpaired) electrons. The minimum absolute atomic E-state index is 0.0133. The average molecular weight is 240 g/mol. The van der Waals surface area contributed by atoms with E-state index in [1.54, 1.807) is 13.2 Å². The van der Waals surface area contributed by atoms with E-state index in [1.165, 1.54) is 12.8 Å². The van der Waals surface area contributed by atoms with Crippen LogP contribution in [0.3, 0.4) is 0 Å². The van der Waals surface area contributed by atoms with E-state index in [-0.39, 0.29) is 12.2 Å². The van der Waals surface area contributed by atoms with E-state index in [2.05, 4.69) is 26.8 Å². The summed E-state index contributed by atoms with van der Waals surface area (Å²) in [5, 5.41) is 8.56. The third-order valence-electron chi connectivity index (χ3n) is 3.06. The van der Waals surface area contributed by atoms with Gasteiger partial charge in [0, 0.05) is 7.11 Å². The van der Waals surface area contributed by atoms with Gasteiger partial charge in [-0.1, -0.05) is 44.1 Å². The minimum atomic E-state index is 0.0133. The Morgan fingerprint density at radius 1 is 1.24 bits per heavy atom. The normalized spacial score (nSPS) is 14.9. The van der Waals surface area contributed by atoms with Gasteiger partial charge in [-0.2, -0.15) is 0 Å². The van der Waals surface area contributed by atoms with Gasteiger partial charge >= 0.3 is 0 Å². The number of hydrogen-bond acceptors (Lipinski definition) is 2. The molecule has 0 rings (SSSR count). The molecular formula is C15H28O2. The zero-order valence-corrected chi connectivity index (χ0v) is 11.8. The van der Waals surface area contributed by atoms with Gasteiger partial charge in [0.25, 0.3) is 0 Å². The molecule has 0 aliphatic rings. The number of ether oxygens (including phenoxy) is 1. The van der Waals surface area contributed by atoms with Gasteiger partial charge in [0.2, 0.25) is 0 Å². The van der Waals surface area contributed by atoms with Crippen LogP contribution in [-0.2, 0) is 4.74 Å². The van der Waals surface area contributed by atoms with E-state index >= 15 is 0 Å². The Labute approximate surface area is 106 Å². The second kappa shape index (κ2) is 9.43. The number of methoxy groups -OCH3 is 1. The lowest BCUT2D eigenvalue weighted by molar-refractivity contribution is 0.0128. The van der Waals surface area contributed by atoms with Crippen LogP contribution in [0, 0.1) is 5.92 Å². The summed E-state index contributed by atoms with van der Waals surface area (Å²) in [6, 6.07) is 0. The molecule has 2 heteroatoms. The fraction of sp³-hybridized carbons (Fsp3) is 0.733. The molecule has 1 atom stereocenters. The molecule has 0 aliphatic carbocycles. The first-order valence-corrected chi connectivity index (χ1v) is 6.49. The molecule has 0 aromatic carbocycles. The molecular weight excluding hydrogens is 212 g/mol. The highest BCUT2D eigenvalue weighted by molar-refractivity contribution is 5.02. The van der Waals surface area contributed by atoms with Crippen molar-refractivity contribution in [3.8, 4) is 0 Å². The molecule has 0 heterocycles. The SMILES string of the molecule is COC(C)(C)CCCC(C)CC=CC=CCO. The summed E-state index contributed by atoms with van der Waals surface area (Å²) < 4.78 is 5.40. The molecule has 100 valence electrons. The second-order valence-electron chi connectivity index (χ2n) is 5.24. The van der Waals surface area contributed by atoms with Crippen LogP contribution in [0.2, 0.25) is 0 Å². The van der Waals surface area contributed by atoms with Crippen molar-refractivity contribution in [2.75, 3.05) is 13.7 Å². The van der Waals surface area contributed by atoms with Crippen LogP contribution >= 0.6 is 0 Å². The molecule has 1 N–H and O–H groups in total. The predicted molar refractivity (Wildman–Crippen MR) is 74.1 cm³/mol. The van der Waals surface area contributed by atoms with Gasteiger partial charge in [0.05, 0.1) is 12.2 Å². The predicted octanol–water partition coefficient (Wildman–Crippen LogP) is 3.71. The van der Waals surface area contributed by atoms with Gasteiger partial charge in [-0.25, -0.2) is 0 Å². The van der Waals surface area contributed by atoms with E-state index in [1.807, 2.05) is 12.2 Å². The Morgan fingerprint density at radius 2 is 1.88 bits per heavy atom. The van der Waals surface area contributed by atoms with Gasteiger partial charge < -0.3 is 9.84 Å². The first kappa shape index (κ1) is 16.4. The highest BCUT2D eigenvalue weighted by Gasteiger charge is 2.15. The van der Waals surface area contributed by atoms with Crippen LogP contribution < -0.4 is 0 Å². The Morgan fingerprint density at radius 3 is 2.47 bits per heavy atom. The molecule has 17 heavy (non-hydrogen) atoms. The van der Waals surface area contributed by atoms with Crippen LogP contribution in [0.4, 0.5) is 0 Å². The number of rotatable bonds is 9. The topological polar surface area (TPSA) is 29.5 Å². The number of allylic oxidation sites excluding steroid dienone is 3. The summed E-state index contributed by atoms with van der Waals surface area (Å²) in [6.45, 7) is 6.67. The summed E-state index contributed by atoms with van der Waals surface area (Å²) in [7, 11) is 1.78. The highest BCUT2D eigenvalue weighted by atomic mass is 16.5. The van der Waals surface area contributed by atoms with Crippen molar-refractivity contribution in [1.82, 2.24) is 0 Å². The lowest BCUT2D eigenvalue weighted by Gasteiger charge is -2.23. The Balaban J connectivity index is 3.63. The zero-order valence-electron chi connectivity index (χ0n) is 11.8. The molecule has 0 aromatic heterocycles.